The molecule has 0 bridgehead atoms. The molecule has 0 aliphatic carbocycles. The fourth-order valence-corrected chi connectivity index (χ4v) is 3.26. The Hall–Kier alpha value is -3.34. The van der Waals surface area contributed by atoms with Crippen LogP contribution in [0.25, 0.3) is 0 Å². The summed E-state index contributed by atoms with van der Waals surface area (Å²) in [5, 5.41) is 9.55. The van der Waals surface area contributed by atoms with Gasteiger partial charge in [-0.15, -0.1) is 0 Å². The summed E-state index contributed by atoms with van der Waals surface area (Å²) >= 11 is 0. The number of carbonyl (C=O) groups excluding carboxylic acids is 3. The standard InChI is InChI=1S/C24H35NO10/c1-5-8-9-10-20(26)33-15(4)13-17(21(25)22(27)28)16-11-12-18(34-23(29)31-6-2)19(14-16)35-24(30)32-7-3/h11-12,14-15,17,21H,5-10,13,25H2,1-4H3,(H,27,28)/t15?,17?,21-/m0/s1. The van der Waals surface area contributed by atoms with Crippen molar-refractivity contribution in [3.63, 3.8) is 0 Å². The summed E-state index contributed by atoms with van der Waals surface area (Å²) in [6.45, 7) is 6.95. The molecule has 11 nitrogen and oxygen atoms in total. The Morgan fingerprint density at radius 3 is 2.09 bits per heavy atom. The minimum Gasteiger partial charge on any atom is -0.480 e. The molecule has 0 aliphatic heterocycles. The van der Waals surface area contributed by atoms with E-state index in [-0.39, 0.29) is 43.5 Å². The Morgan fingerprint density at radius 2 is 1.54 bits per heavy atom. The van der Waals surface area contributed by atoms with Gasteiger partial charge in [0.05, 0.1) is 19.3 Å². The number of carbonyl (C=O) groups is 4. The Balaban J connectivity index is 3.20. The Labute approximate surface area is 204 Å². The van der Waals surface area contributed by atoms with E-state index in [2.05, 4.69) is 0 Å². The van der Waals surface area contributed by atoms with Crippen LogP contribution in [0, 0.1) is 0 Å². The molecular weight excluding hydrogens is 462 g/mol. The summed E-state index contributed by atoms with van der Waals surface area (Å²) in [4.78, 5) is 47.5. The van der Waals surface area contributed by atoms with Crippen LogP contribution in [0.15, 0.2) is 18.2 Å². The van der Waals surface area contributed by atoms with Crippen molar-refractivity contribution in [2.45, 2.75) is 77.9 Å². The van der Waals surface area contributed by atoms with Gasteiger partial charge in [-0.2, -0.15) is 0 Å². The van der Waals surface area contributed by atoms with Crippen LogP contribution in [0.3, 0.4) is 0 Å². The van der Waals surface area contributed by atoms with E-state index < -0.39 is 36.3 Å². The molecule has 0 aliphatic rings. The van der Waals surface area contributed by atoms with Crippen molar-refractivity contribution in [2.75, 3.05) is 13.2 Å². The zero-order chi connectivity index (χ0) is 26.4. The molecule has 0 aromatic heterocycles. The van der Waals surface area contributed by atoms with Gasteiger partial charge in [0.15, 0.2) is 11.5 Å². The minimum atomic E-state index is -1.36. The average Bonchev–Trinajstić information content (AvgIpc) is 2.78. The van der Waals surface area contributed by atoms with Gasteiger partial charge >= 0.3 is 24.2 Å². The largest absolute Gasteiger partial charge is 0.513 e. The van der Waals surface area contributed by atoms with E-state index in [1.165, 1.54) is 18.2 Å². The molecule has 1 aromatic rings. The van der Waals surface area contributed by atoms with Crippen LogP contribution in [0.4, 0.5) is 9.59 Å². The first-order valence-corrected chi connectivity index (χ1v) is 11.6. The summed E-state index contributed by atoms with van der Waals surface area (Å²) in [5.41, 5.74) is 6.31. The van der Waals surface area contributed by atoms with Gasteiger partial charge < -0.3 is 34.5 Å². The van der Waals surface area contributed by atoms with Gasteiger partial charge in [0.25, 0.3) is 0 Å². The van der Waals surface area contributed by atoms with E-state index in [0.717, 1.165) is 12.8 Å². The second-order valence-corrected chi connectivity index (χ2v) is 7.74. The Morgan fingerprint density at radius 1 is 0.943 bits per heavy atom. The number of nitrogens with two attached hydrogens (primary N) is 1. The quantitative estimate of drug-likeness (QED) is 0.164. The van der Waals surface area contributed by atoms with Gasteiger partial charge in [0, 0.05) is 12.3 Å². The van der Waals surface area contributed by atoms with Crippen LogP contribution in [-0.2, 0) is 23.8 Å². The van der Waals surface area contributed by atoms with E-state index in [9.17, 15) is 24.3 Å². The minimum absolute atomic E-state index is 0.0419. The van der Waals surface area contributed by atoms with Crippen LogP contribution in [-0.4, -0.2) is 54.7 Å². The molecule has 0 saturated carbocycles. The van der Waals surface area contributed by atoms with Gasteiger partial charge in [0.2, 0.25) is 0 Å². The zero-order valence-electron chi connectivity index (χ0n) is 20.6. The van der Waals surface area contributed by atoms with E-state index >= 15 is 0 Å². The van der Waals surface area contributed by atoms with Crippen molar-refractivity contribution >= 4 is 24.2 Å². The van der Waals surface area contributed by atoms with Gasteiger partial charge in [0.1, 0.15) is 6.04 Å². The molecule has 0 amide bonds. The molecule has 0 spiro atoms. The number of unbranched alkanes of at least 4 members (excludes halogenated alkanes) is 2. The number of carboxylic acids is 1. The third-order valence-electron chi connectivity index (χ3n) is 4.93. The fourth-order valence-electron chi connectivity index (χ4n) is 3.26. The highest BCUT2D eigenvalue weighted by Crippen LogP contribution is 2.35. The lowest BCUT2D eigenvalue weighted by molar-refractivity contribution is -0.149. The van der Waals surface area contributed by atoms with Crippen molar-refractivity contribution in [1.82, 2.24) is 0 Å². The van der Waals surface area contributed by atoms with Crippen molar-refractivity contribution in [3.05, 3.63) is 23.8 Å². The number of esters is 1. The average molecular weight is 498 g/mol. The molecule has 0 radical (unpaired) electrons. The third-order valence-corrected chi connectivity index (χ3v) is 4.93. The number of hydrogen-bond donors (Lipinski definition) is 2. The van der Waals surface area contributed by atoms with E-state index in [4.69, 9.17) is 29.4 Å². The molecule has 1 rings (SSSR count). The van der Waals surface area contributed by atoms with E-state index in [1.54, 1.807) is 20.8 Å². The second kappa shape index (κ2) is 15.5. The molecule has 196 valence electrons. The predicted molar refractivity (Wildman–Crippen MR) is 124 cm³/mol. The zero-order valence-corrected chi connectivity index (χ0v) is 20.6. The molecule has 0 fully saturated rings. The van der Waals surface area contributed by atoms with E-state index in [0.29, 0.717) is 12.0 Å². The number of aliphatic carboxylic acids is 1. The number of hydrogen-bond acceptors (Lipinski definition) is 10. The van der Waals surface area contributed by atoms with Crippen LogP contribution < -0.4 is 15.2 Å². The SMILES string of the molecule is CCCCCC(=O)OC(C)CC(c1ccc(OC(=O)OCC)c(OC(=O)OCC)c1)[C@H](N)C(=O)O. The Bertz CT molecular complexity index is 857. The highest BCUT2D eigenvalue weighted by atomic mass is 16.7. The molecule has 0 heterocycles. The molecule has 11 heteroatoms. The number of rotatable bonds is 14. The van der Waals surface area contributed by atoms with Crippen LogP contribution in [0.1, 0.15) is 71.3 Å². The molecule has 35 heavy (non-hydrogen) atoms. The number of benzene rings is 1. The highest BCUT2D eigenvalue weighted by molar-refractivity contribution is 5.75. The second-order valence-electron chi connectivity index (χ2n) is 7.74. The lowest BCUT2D eigenvalue weighted by Crippen LogP contribution is -2.38. The Kier molecular flexibility index (Phi) is 13.2. The molecule has 2 unspecified atom stereocenters. The summed E-state index contributed by atoms with van der Waals surface area (Å²) in [5.74, 6) is -2.81. The maximum absolute atomic E-state index is 12.1. The fraction of sp³-hybridized carbons (Fsp3) is 0.583. The van der Waals surface area contributed by atoms with Crippen molar-refractivity contribution in [1.29, 1.82) is 0 Å². The topological polar surface area (TPSA) is 161 Å². The number of ether oxygens (including phenoxy) is 5. The maximum Gasteiger partial charge on any atom is 0.513 e. The first kappa shape index (κ1) is 29.7. The van der Waals surface area contributed by atoms with Gasteiger partial charge in [-0.05, 0) is 51.3 Å². The molecule has 3 N–H and O–H groups in total. The summed E-state index contributed by atoms with van der Waals surface area (Å²) in [6.07, 6.45) is 0.225. The smallest absolute Gasteiger partial charge is 0.480 e. The molecule has 3 atom stereocenters. The first-order chi connectivity index (χ1) is 16.6. The van der Waals surface area contributed by atoms with Crippen LogP contribution in [0.2, 0.25) is 0 Å². The molecular formula is C24H35NO10. The third kappa shape index (κ3) is 10.6. The monoisotopic (exact) mass is 497 g/mol. The lowest BCUT2D eigenvalue weighted by atomic mass is 9.87. The lowest BCUT2D eigenvalue weighted by Gasteiger charge is -2.25. The van der Waals surface area contributed by atoms with Crippen molar-refractivity contribution in [3.8, 4) is 11.5 Å². The summed E-state index contributed by atoms with van der Waals surface area (Å²) in [6, 6.07) is 2.78. The van der Waals surface area contributed by atoms with Crippen LogP contribution in [0.5, 0.6) is 11.5 Å². The normalized spacial score (nSPS) is 13.2. The predicted octanol–water partition coefficient (Wildman–Crippen LogP) is 4.15. The first-order valence-electron chi connectivity index (χ1n) is 11.6. The van der Waals surface area contributed by atoms with E-state index in [1.807, 2.05) is 6.92 Å². The van der Waals surface area contributed by atoms with Gasteiger partial charge in [-0.3, -0.25) is 9.59 Å². The van der Waals surface area contributed by atoms with Gasteiger partial charge in [-0.1, -0.05) is 25.8 Å². The highest BCUT2D eigenvalue weighted by Gasteiger charge is 2.30. The van der Waals surface area contributed by atoms with Crippen molar-refractivity contribution < 1.29 is 48.0 Å². The summed E-state index contributed by atoms with van der Waals surface area (Å²) < 4.78 is 25.2. The van der Waals surface area contributed by atoms with Gasteiger partial charge in [-0.25, -0.2) is 9.59 Å². The van der Waals surface area contributed by atoms with Crippen molar-refractivity contribution in [2.24, 2.45) is 5.73 Å². The number of carboxylic acid groups (broad SMARTS) is 1. The maximum atomic E-state index is 12.1. The van der Waals surface area contributed by atoms with Crippen LogP contribution >= 0.6 is 0 Å². The molecule has 1 aromatic carbocycles. The molecule has 0 saturated heterocycles. The summed E-state index contributed by atoms with van der Waals surface area (Å²) in [7, 11) is 0.